The van der Waals surface area contributed by atoms with Crippen molar-refractivity contribution >= 4 is 6.08 Å². The van der Waals surface area contributed by atoms with Crippen LogP contribution >= 0.6 is 0 Å². The van der Waals surface area contributed by atoms with Crippen LogP contribution in [0.15, 0.2) is 54.2 Å². The summed E-state index contributed by atoms with van der Waals surface area (Å²) in [5.74, 6) is 0.870. The zero-order chi connectivity index (χ0) is 18.1. The van der Waals surface area contributed by atoms with E-state index in [2.05, 4.69) is 53.2 Å². The van der Waals surface area contributed by atoms with Crippen molar-refractivity contribution in [2.45, 2.75) is 32.3 Å². The van der Waals surface area contributed by atoms with Crippen LogP contribution in [-0.4, -0.2) is 34.6 Å². The van der Waals surface area contributed by atoms with Gasteiger partial charge in [0, 0.05) is 31.7 Å². The van der Waals surface area contributed by atoms with Gasteiger partial charge in [0.15, 0.2) is 0 Å². The molecule has 1 aliphatic heterocycles. The Labute approximate surface area is 156 Å². The second-order valence-electron chi connectivity index (χ2n) is 8.15. The molecule has 3 nitrogen and oxygen atoms in total. The quantitative estimate of drug-likeness (QED) is 0.906. The first-order chi connectivity index (χ1) is 12.5. The molecule has 1 N–H and O–H groups in total. The van der Waals surface area contributed by atoms with Crippen molar-refractivity contribution < 1.29 is 5.11 Å². The number of nitrogens with zero attached hydrogens (tertiary/aromatic N) is 2. The number of rotatable bonds is 4. The summed E-state index contributed by atoms with van der Waals surface area (Å²) >= 11 is 0. The lowest BCUT2D eigenvalue weighted by Gasteiger charge is -2.30. The Morgan fingerprint density at radius 3 is 2.77 bits per heavy atom. The van der Waals surface area contributed by atoms with E-state index < -0.39 is 5.60 Å². The molecule has 3 heteroatoms. The zero-order valence-electron chi connectivity index (χ0n) is 15.7. The monoisotopic (exact) mass is 348 g/mol. The van der Waals surface area contributed by atoms with Crippen molar-refractivity contribution in [1.82, 2.24) is 9.88 Å². The van der Waals surface area contributed by atoms with E-state index in [1.165, 1.54) is 11.1 Å². The fourth-order valence-electron chi connectivity index (χ4n) is 4.79. The van der Waals surface area contributed by atoms with E-state index in [1.54, 1.807) is 0 Å². The van der Waals surface area contributed by atoms with Gasteiger partial charge in [-0.3, -0.25) is 9.88 Å². The Kier molecular flexibility index (Phi) is 4.68. The third-order valence-corrected chi connectivity index (χ3v) is 6.07. The van der Waals surface area contributed by atoms with Crippen molar-refractivity contribution in [2.24, 2.45) is 11.8 Å². The van der Waals surface area contributed by atoms with Gasteiger partial charge in [0.1, 0.15) is 5.60 Å². The highest BCUT2D eigenvalue weighted by Gasteiger charge is 2.52. The average molecular weight is 348 g/mol. The molecule has 1 saturated carbocycles. The first-order valence-corrected chi connectivity index (χ1v) is 9.65. The summed E-state index contributed by atoms with van der Waals surface area (Å²) in [4.78, 5) is 7.06. The molecule has 136 valence electrons. The highest BCUT2D eigenvalue weighted by Crippen LogP contribution is 2.50. The van der Waals surface area contributed by atoms with Crippen LogP contribution < -0.4 is 0 Å². The Bertz CT molecular complexity index is 784. The fraction of sp³-hybridized carbons (Fsp3) is 0.435. The summed E-state index contributed by atoms with van der Waals surface area (Å²) in [5, 5.41) is 11.4. The smallest absolute Gasteiger partial charge is 0.111 e. The molecule has 0 amide bonds. The number of benzene rings is 1. The Morgan fingerprint density at radius 2 is 2.04 bits per heavy atom. The maximum absolute atomic E-state index is 11.4. The van der Waals surface area contributed by atoms with Crippen LogP contribution in [0.4, 0.5) is 0 Å². The SMILES string of the molecule is C/C(=C\c1ccccc1)CN1C[C@H]2CC[C@](O)(c3ccc(C)cn3)[C@H]2C1. The molecular formula is C23H28N2O. The van der Waals surface area contributed by atoms with Gasteiger partial charge in [-0.05, 0) is 49.8 Å². The van der Waals surface area contributed by atoms with E-state index in [1.807, 2.05) is 25.3 Å². The molecule has 1 aromatic carbocycles. The molecule has 4 rings (SSSR count). The number of aliphatic hydroxyl groups is 1. The van der Waals surface area contributed by atoms with Gasteiger partial charge in [0.2, 0.25) is 0 Å². The molecule has 1 aliphatic carbocycles. The second kappa shape index (κ2) is 6.98. The van der Waals surface area contributed by atoms with Gasteiger partial charge in [0.05, 0.1) is 5.69 Å². The maximum Gasteiger partial charge on any atom is 0.111 e. The highest BCUT2D eigenvalue weighted by atomic mass is 16.3. The van der Waals surface area contributed by atoms with Gasteiger partial charge >= 0.3 is 0 Å². The van der Waals surface area contributed by atoms with Crippen LogP contribution in [0.25, 0.3) is 6.08 Å². The molecule has 0 bridgehead atoms. The van der Waals surface area contributed by atoms with E-state index in [4.69, 9.17) is 0 Å². The average Bonchev–Trinajstić information content (AvgIpc) is 3.17. The van der Waals surface area contributed by atoms with Gasteiger partial charge in [0.25, 0.3) is 0 Å². The lowest BCUT2D eigenvalue weighted by Crippen LogP contribution is -2.35. The minimum atomic E-state index is -0.760. The molecule has 1 saturated heterocycles. The largest absolute Gasteiger partial charge is 0.383 e. The van der Waals surface area contributed by atoms with Crippen molar-refractivity contribution in [2.75, 3.05) is 19.6 Å². The molecule has 0 unspecified atom stereocenters. The highest BCUT2D eigenvalue weighted by molar-refractivity contribution is 5.52. The molecule has 26 heavy (non-hydrogen) atoms. The Morgan fingerprint density at radius 1 is 1.23 bits per heavy atom. The molecular weight excluding hydrogens is 320 g/mol. The first kappa shape index (κ1) is 17.4. The normalized spacial score (nSPS) is 29.1. The van der Waals surface area contributed by atoms with Gasteiger partial charge in [-0.25, -0.2) is 0 Å². The Balaban J connectivity index is 1.46. The van der Waals surface area contributed by atoms with E-state index in [-0.39, 0.29) is 0 Å². The summed E-state index contributed by atoms with van der Waals surface area (Å²) in [6, 6.07) is 14.6. The van der Waals surface area contributed by atoms with Gasteiger partial charge in [-0.1, -0.05) is 48.0 Å². The number of fused-ring (bicyclic) bond motifs is 1. The fourth-order valence-corrected chi connectivity index (χ4v) is 4.79. The number of aryl methyl sites for hydroxylation is 1. The van der Waals surface area contributed by atoms with Crippen molar-refractivity contribution in [3.05, 3.63) is 71.1 Å². The van der Waals surface area contributed by atoms with Crippen molar-refractivity contribution in [3.63, 3.8) is 0 Å². The van der Waals surface area contributed by atoms with Crippen LogP contribution in [0, 0.1) is 18.8 Å². The van der Waals surface area contributed by atoms with Crippen LogP contribution in [0.1, 0.15) is 36.6 Å². The third kappa shape index (κ3) is 3.34. The zero-order valence-corrected chi connectivity index (χ0v) is 15.7. The van der Waals surface area contributed by atoms with E-state index in [9.17, 15) is 5.11 Å². The van der Waals surface area contributed by atoms with Crippen LogP contribution in [0.2, 0.25) is 0 Å². The molecule has 2 fully saturated rings. The maximum atomic E-state index is 11.4. The van der Waals surface area contributed by atoms with Crippen LogP contribution in [0.5, 0.6) is 0 Å². The van der Waals surface area contributed by atoms with Crippen LogP contribution in [-0.2, 0) is 5.60 Å². The minimum Gasteiger partial charge on any atom is -0.383 e. The molecule has 2 heterocycles. The summed E-state index contributed by atoms with van der Waals surface area (Å²) < 4.78 is 0. The predicted molar refractivity (Wildman–Crippen MR) is 106 cm³/mol. The molecule has 2 aromatic rings. The number of aromatic nitrogens is 1. The van der Waals surface area contributed by atoms with Gasteiger partial charge < -0.3 is 5.11 Å². The Hall–Kier alpha value is -1.97. The second-order valence-corrected chi connectivity index (χ2v) is 8.15. The van der Waals surface area contributed by atoms with E-state index in [0.717, 1.165) is 43.7 Å². The number of pyridine rings is 1. The minimum absolute atomic E-state index is 0.294. The predicted octanol–water partition coefficient (Wildman–Crippen LogP) is 4.02. The molecule has 0 radical (unpaired) electrons. The number of likely N-dealkylation sites (tertiary alicyclic amines) is 1. The summed E-state index contributed by atoms with van der Waals surface area (Å²) in [6.45, 7) is 7.25. The van der Waals surface area contributed by atoms with E-state index >= 15 is 0 Å². The topological polar surface area (TPSA) is 36.4 Å². The lowest BCUT2D eigenvalue weighted by molar-refractivity contribution is -0.0102. The number of hydrogen-bond donors (Lipinski definition) is 1. The summed E-state index contributed by atoms with van der Waals surface area (Å²) in [5.41, 5.74) is 3.86. The van der Waals surface area contributed by atoms with Gasteiger partial charge in [-0.15, -0.1) is 0 Å². The molecule has 2 aliphatic rings. The standard InChI is InChI=1S/C23H28N2O/c1-17-8-9-22(24-13-17)23(26)11-10-20-15-25(16-21(20)23)14-18(2)12-19-6-4-3-5-7-19/h3-9,12-13,20-21,26H,10-11,14-16H2,1-2H3/b18-12+/t20-,21+,23-/m1/s1. The third-order valence-electron chi connectivity index (χ3n) is 6.07. The van der Waals surface area contributed by atoms with Crippen molar-refractivity contribution in [3.8, 4) is 0 Å². The lowest BCUT2D eigenvalue weighted by atomic mass is 9.85. The molecule has 3 atom stereocenters. The van der Waals surface area contributed by atoms with Crippen molar-refractivity contribution in [1.29, 1.82) is 0 Å². The summed E-state index contributed by atoms with van der Waals surface area (Å²) in [6.07, 6.45) is 6.07. The van der Waals surface area contributed by atoms with Gasteiger partial charge in [-0.2, -0.15) is 0 Å². The number of hydrogen-bond acceptors (Lipinski definition) is 3. The molecule has 0 spiro atoms. The summed E-state index contributed by atoms with van der Waals surface area (Å²) in [7, 11) is 0. The molecule has 1 aromatic heterocycles. The van der Waals surface area contributed by atoms with Crippen LogP contribution in [0.3, 0.4) is 0 Å². The van der Waals surface area contributed by atoms with E-state index in [0.29, 0.717) is 11.8 Å². The first-order valence-electron chi connectivity index (χ1n) is 9.65.